The lowest BCUT2D eigenvalue weighted by atomic mass is 10.2. The lowest BCUT2D eigenvalue weighted by molar-refractivity contribution is -0.117. The van der Waals surface area contributed by atoms with Gasteiger partial charge in [0.15, 0.2) is 0 Å². The molecule has 1 aliphatic rings. The number of carbonyl (C=O) groups is 2. The van der Waals surface area contributed by atoms with Crippen molar-refractivity contribution in [2.24, 2.45) is 0 Å². The van der Waals surface area contributed by atoms with E-state index in [9.17, 15) is 9.59 Å². The molecule has 0 spiro atoms. The van der Waals surface area contributed by atoms with Crippen molar-refractivity contribution in [1.29, 1.82) is 5.26 Å². The second kappa shape index (κ2) is 7.41. The Morgan fingerprint density at radius 3 is 2.64 bits per heavy atom. The highest BCUT2D eigenvalue weighted by molar-refractivity contribution is 6.01. The van der Waals surface area contributed by atoms with Crippen LogP contribution in [-0.2, 0) is 9.59 Å². The Bertz CT molecular complexity index is 848. The van der Waals surface area contributed by atoms with E-state index in [1.165, 1.54) is 12.3 Å². The maximum absolute atomic E-state index is 11.9. The molecule has 1 N–H and O–H groups in total. The minimum Gasteiger partial charge on any atom is -0.312 e. The summed E-state index contributed by atoms with van der Waals surface area (Å²) >= 11 is 0. The maximum Gasteiger partial charge on any atom is 0.249 e. The van der Waals surface area contributed by atoms with Crippen LogP contribution in [0.25, 0.3) is 6.08 Å². The third kappa shape index (κ3) is 4.09. The number of hydrogen-bond acceptors (Lipinski definition) is 4. The normalized spacial score (nSPS) is 13.9. The van der Waals surface area contributed by atoms with E-state index in [2.05, 4.69) is 10.3 Å². The van der Waals surface area contributed by atoms with Crippen molar-refractivity contribution in [2.75, 3.05) is 16.8 Å². The number of pyridine rings is 1. The predicted octanol–water partition coefficient (Wildman–Crippen LogP) is 2.73. The van der Waals surface area contributed by atoms with Gasteiger partial charge in [-0.2, -0.15) is 5.26 Å². The fourth-order valence-corrected chi connectivity index (χ4v) is 2.56. The molecule has 1 fully saturated rings. The molecule has 1 aromatic carbocycles. The van der Waals surface area contributed by atoms with Crippen LogP contribution in [0.3, 0.4) is 0 Å². The third-order valence-corrected chi connectivity index (χ3v) is 3.85. The van der Waals surface area contributed by atoms with Crippen molar-refractivity contribution < 1.29 is 9.59 Å². The van der Waals surface area contributed by atoms with E-state index < -0.39 is 0 Å². The number of rotatable bonds is 4. The molecular formula is C19H16N4O2. The predicted molar refractivity (Wildman–Crippen MR) is 94.6 cm³/mol. The molecule has 25 heavy (non-hydrogen) atoms. The van der Waals surface area contributed by atoms with E-state index in [4.69, 9.17) is 5.26 Å². The summed E-state index contributed by atoms with van der Waals surface area (Å²) in [5, 5.41) is 11.3. The number of anilines is 2. The Kier molecular flexibility index (Phi) is 4.86. The van der Waals surface area contributed by atoms with Crippen LogP contribution in [0.2, 0.25) is 0 Å². The lowest BCUT2D eigenvalue weighted by Gasteiger charge is -2.15. The first-order valence-corrected chi connectivity index (χ1v) is 7.91. The van der Waals surface area contributed by atoms with Gasteiger partial charge in [0.25, 0.3) is 0 Å². The minimum atomic E-state index is -0.309. The molecule has 0 bridgehead atoms. The van der Waals surface area contributed by atoms with Crippen molar-refractivity contribution in [3.05, 3.63) is 59.8 Å². The maximum atomic E-state index is 11.9. The molecule has 2 heterocycles. The summed E-state index contributed by atoms with van der Waals surface area (Å²) in [6, 6.07) is 12.6. The Labute approximate surface area is 145 Å². The first-order chi connectivity index (χ1) is 12.2. The van der Waals surface area contributed by atoms with E-state index in [1.54, 1.807) is 23.1 Å². The zero-order valence-electron chi connectivity index (χ0n) is 13.5. The standard InChI is InChI=1S/C19H16N4O2/c20-12-15-5-9-17(21-13-15)22-18(24)10-6-14-3-7-16(8-4-14)23-11-1-2-19(23)25/h3-10,13H,1-2,11H2,(H,21,22,24)/b10-6+. The molecule has 0 unspecified atom stereocenters. The zero-order chi connectivity index (χ0) is 17.6. The van der Waals surface area contributed by atoms with Gasteiger partial charge in [-0.3, -0.25) is 9.59 Å². The number of carbonyl (C=O) groups excluding carboxylic acids is 2. The van der Waals surface area contributed by atoms with Gasteiger partial charge in [-0.1, -0.05) is 12.1 Å². The summed E-state index contributed by atoms with van der Waals surface area (Å²) in [5.74, 6) is 0.227. The Hall–Kier alpha value is -3.46. The molecule has 0 saturated carbocycles. The van der Waals surface area contributed by atoms with Crippen molar-refractivity contribution >= 4 is 29.4 Å². The number of nitrogens with one attached hydrogen (secondary N) is 1. The molecule has 1 aromatic heterocycles. The van der Waals surface area contributed by atoms with E-state index in [0.29, 0.717) is 17.8 Å². The van der Waals surface area contributed by atoms with Gasteiger partial charge in [0.2, 0.25) is 11.8 Å². The van der Waals surface area contributed by atoms with Crippen LogP contribution in [0.1, 0.15) is 24.0 Å². The Morgan fingerprint density at radius 2 is 2.04 bits per heavy atom. The van der Waals surface area contributed by atoms with Gasteiger partial charge in [0.05, 0.1) is 5.56 Å². The average molecular weight is 332 g/mol. The number of nitrogens with zero attached hydrogens (tertiary/aromatic N) is 3. The van der Waals surface area contributed by atoms with Gasteiger partial charge in [-0.05, 0) is 42.3 Å². The minimum absolute atomic E-state index is 0.151. The molecule has 6 nitrogen and oxygen atoms in total. The smallest absolute Gasteiger partial charge is 0.249 e. The second-order valence-corrected chi connectivity index (χ2v) is 5.61. The Morgan fingerprint density at radius 1 is 1.24 bits per heavy atom. The van der Waals surface area contributed by atoms with E-state index in [0.717, 1.165) is 24.2 Å². The quantitative estimate of drug-likeness (QED) is 0.872. The first-order valence-electron chi connectivity index (χ1n) is 7.91. The number of hydrogen-bond donors (Lipinski definition) is 1. The van der Waals surface area contributed by atoms with Gasteiger partial charge < -0.3 is 10.2 Å². The van der Waals surface area contributed by atoms with Crippen LogP contribution in [0.4, 0.5) is 11.5 Å². The van der Waals surface area contributed by atoms with E-state index in [1.807, 2.05) is 30.3 Å². The van der Waals surface area contributed by atoms with E-state index >= 15 is 0 Å². The van der Waals surface area contributed by atoms with Crippen LogP contribution in [0, 0.1) is 11.3 Å². The topological polar surface area (TPSA) is 86.1 Å². The van der Waals surface area contributed by atoms with Crippen molar-refractivity contribution in [1.82, 2.24) is 4.98 Å². The van der Waals surface area contributed by atoms with Gasteiger partial charge >= 0.3 is 0 Å². The lowest BCUT2D eigenvalue weighted by Crippen LogP contribution is -2.23. The number of benzene rings is 1. The molecule has 6 heteroatoms. The van der Waals surface area contributed by atoms with Gasteiger partial charge in [0, 0.05) is 30.9 Å². The van der Waals surface area contributed by atoms with Crippen LogP contribution in [0.5, 0.6) is 0 Å². The summed E-state index contributed by atoms with van der Waals surface area (Å²) < 4.78 is 0. The van der Waals surface area contributed by atoms with Crippen LogP contribution in [-0.4, -0.2) is 23.3 Å². The molecule has 0 radical (unpaired) electrons. The largest absolute Gasteiger partial charge is 0.312 e. The molecule has 0 aliphatic carbocycles. The summed E-state index contributed by atoms with van der Waals surface area (Å²) in [6.07, 6.45) is 6.00. The fourth-order valence-electron chi connectivity index (χ4n) is 2.56. The highest BCUT2D eigenvalue weighted by Crippen LogP contribution is 2.21. The molecule has 2 aromatic rings. The first kappa shape index (κ1) is 16.4. The SMILES string of the molecule is N#Cc1ccc(NC(=O)/C=C/c2ccc(N3CCCC3=O)cc2)nc1. The van der Waals surface area contributed by atoms with E-state index in [-0.39, 0.29) is 11.8 Å². The highest BCUT2D eigenvalue weighted by atomic mass is 16.2. The van der Waals surface area contributed by atoms with Crippen molar-refractivity contribution in [3.8, 4) is 6.07 Å². The van der Waals surface area contributed by atoms with Gasteiger partial charge in [-0.25, -0.2) is 4.98 Å². The number of nitriles is 1. The zero-order valence-corrected chi connectivity index (χ0v) is 13.5. The molecule has 1 aliphatic heterocycles. The number of amides is 2. The molecular weight excluding hydrogens is 316 g/mol. The summed E-state index contributed by atoms with van der Waals surface area (Å²) in [4.78, 5) is 29.4. The second-order valence-electron chi connectivity index (χ2n) is 5.61. The Balaban J connectivity index is 1.60. The van der Waals surface area contributed by atoms with Gasteiger partial charge in [0.1, 0.15) is 11.9 Å². The van der Waals surface area contributed by atoms with Gasteiger partial charge in [-0.15, -0.1) is 0 Å². The third-order valence-electron chi connectivity index (χ3n) is 3.85. The molecule has 0 atom stereocenters. The summed E-state index contributed by atoms with van der Waals surface area (Å²) in [6.45, 7) is 0.758. The van der Waals surface area contributed by atoms with Crippen LogP contribution in [0.15, 0.2) is 48.7 Å². The molecule has 2 amide bonds. The summed E-state index contributed by atoms with van der Waals surface area (Å²) in [7, 11) is 0. The molecule has 124 valence electrons. The monoisotopic (exact) mass is 332 g/mol. The number of aromatic nitrogens is 1. The molecule has 3 rings (SSSR count). The van der Waals surface area contributed by atoms with Crippen LogP contribution < -0.4 is 10.2 Å². The van der Waals surface area contributed by atoms with Crippen molar-refractivity contribution in [3.63, 3.8) is 0 Å². The molecule has 1 saturated heterocycles. The summed E-state index contributed by atoms with van der Waals surface area (Å²) in [5.41, 5.74) is 2.18. The average Bonchev–Trinajstić information content (AvgIpc) is 3.07. The highest BCUT2D eigenvalue weighted by Gasteiger charge is 2.21. The van der Waals surface area contributed by atoms with Crippen LogP contribution >= 0.6 is 0 Å². The van der Waals surface area contributed by atoms with Crippen molar-refractivity contribution in [2.45, 2.75) is 12.8 Å². The fraction of sp³-hybridized carbons (Fsp3) is 0.158.